The Morgan fingerprint density at radius 1 is 0.652 bits per heavy atom. The molecule has 0 heterocycles. The van der Waals surface area contributed by atoms with Crippen molar-refractivity contribution in [2.45, 2.75) is 26.2 Å². The lowest BCUT2D eigenvalue weighted by Crippen LogP contribution is -2.14. The highest BCUT2D eigenvalue weighted by Crippen LogP contribution is 2.39. The van der Waals surface area contributed by atoms with E-state index in [1.807, 2.05) is 0 Å². The zero-order chi connectivity index (χ0) is 16.2. The van der Waals surface area contributed by atoms with Gasteiger partial charge in [0, 0.05) is 11.1 Å². The molecule has 0 aliphatic heterocycles. The van der Waals surface area contributed by atoms with Crippen molar-refractivity contribution in [1.82, 2.24) is 0 Å². The second-order valence-electron chi connectivity index (χ2n) is 7.33. The third-order valence-electron chi connectivity index (χ3n) is 4.74. The summed E-state index contributed by atoms with van der Waals surface area (Å²) < 4.78 is 0. The van der Waals surface area contributed by atoms with Crippen LogP contribution in [0.25, 0.3) is 32.3 Å². The number of nitrogens with two attached hydrogens (primary N) is 1. The molecule has 0 saturated carbocycles. The predicted octanol–water partition coefficient (Wildman–Crippen LogP) is 6.03. The second-order valence-corrected chi connectivity index (χ2v) is 7.33. The Bertz CT molecular complexity index is 1050. The minimum absolute atomic E-state index is 0.0328. The highest BCUT2D eigenvalue weighted by Gasteiger charge is 2.19. The number of hydrogen-bond donors (Lipinski definition) is 1. The number of rotatable bonds is 0. The molecule has 0 aliphatic rings. The Morgan fingerprint density at radius 3 is 1.91 bits per heavy atom. The van der Waals surface area contributed by atoms with Crippen LogP contribution in [0.2, 0.25) is 0 Å². The molecule has 0 spiro atoms. The van der Waals surface area contributed by atoms with Gasteiger partial charge in [-0.25, -0.2) is 0 Å². The molecule has 0 aromatic heterocycles. The topological polar surface area (TPSA) is 26.0 Å². The molecule has 4 aromatic rings. The molecule has 23 heavy (non-hydrogen) atoms. The van der Waals surface area contributed by atoms with Gasteiger partial charge in [-0.3, -0.25) is 0 Å². The zero-order valence-electron chi connectivity index (χ0n) is 13.9. The van der Waals surface area contributed by atoms with Crippen molar-refractivity contribution in [2.75, 3.05) is 5.73 Å². The molecule has 4 rings (SSSR count). The highest BCUT2D eigenvalue weighted by atomic mass is 14.6. The largest absolute Gasteiger partial charge is 0.398 e. The number of anilines is 1. The average molecular weight is 299 g/mol. The lowest BCUT2D eigenvalue weighted by atomic mass is 9.83. The summed E-state index contributed by atoms with van der Waals surface area (Å²) in [5.74, 6) is 0. The van der Waals surface area contributed by atoms with Crippen LogP contribution >= 0.6 is 0 Å². The molecule has 2 N–H and O–H groups in total. The fraction of sp³-hybridized carbons (Fsp3) is 0.182. The van der Waals surface area contributed by atoms with Crippen LogP contribution in [0, 0.1) is 0 Å². The van der Waals surface area contributed by atoms with Crippen LogP contribution in [-0.4, -0.2) is 0 Å². The van der Waals surface area contributed by atoms with Gasteiger partial charge in [-0.2, -0.15) is 0 Å². The fourth-order valence-corrected chi connectivity index (χ4v) is 3.59. The van der Waals surface area contributed by atoms with E-state index in [1.165, 1.54) is 37.9 Å². The maximum atomic E-state index is 6.66. The van der Waals surface area contributed by atoms with Crippen LogP contribution in [0.3, 0.4) is 0 Å². The molecular weight excluding hydrogens is 278 g/mol. The van der Waals surface area contributed by atoms with Gasteiger partial charge in [0.1, 0.15) is 0 Å². The smallest absolute Gasteiger partial charge is 0.0438 e. The molecule has 114 valence electrons. The van der Waals surface area contributed by atoms with Gasteiger partial charge in [0.25, 0.3) is 0 Å². The van der Waals surface area contributed by atoms with E-state index >= 15 is 0 Å². The molecule has 1 heteroatoms. The lowest BCUT2D eigenvalue weighted by molar-refractivity contribution is 0.593. The van der Waals surface area contributed by atoms with Crippen molar-refractivity contribution in [2.24, 2.45) is 0 Å². The van der Waals surface area contributed by atoms with Gasteiger partial charge in [0.15, 0.2) is 0 Å². The molecule has 0 bridgehead atoms. The zero-order valence-corrected chi connectivity index (χ0v) is 13.9. The van der Waals surface area contributed by atoms with Crippen LogP contribution in [0.1, 0.15) is 26.3 Å². The van der Waals surface area contributed by atoms with E-state index in [1.54, 1.807) is 0 Å². The normalized spacial score (nSPS) is 12.3. The summed E-state index contributed by atoms with van der Waals surface area (Å²) in [5.41, 5.74) is 8.82. The number of hydrogen-bond acceptors (Lipinski definition) is 1. The van der Waals surface area contributed by atoms with Gasteiger partial charge in [-0.1, -0.05) is 81.4 Å². The quantitative estimate of drug-likeness (QED) is 0.311. The van der Waals surface area contributed by atoms with Gasteiger partial charge in [0.05, 0.1) is 0 Å². The van der Waals surface area contributed by atoms with E-state index in [-0.39, 0.29) is 5.41 Å². The molecule has 1 nitrogen and oxygen atoms in total. The summed E-state index contributed by atoms with van der Waals surface area (Å²) in [7, 11) is 0. The Kier molecular flexibility index (Phi) is 2.89. The molecule has 4 aromatic carbocycles. The summed E-state index contributed by atoms with van der Waals surface area (Å²) in [6, 6.07) is 21.7. The second kappa shape index (κ2) is 4.73. The van der Waals surface area contributed by atoms with E-state index in [2.05, 4.69) is 81.4 Å². The first kappa shape index (κ1) is 14.1. The summed E-state index contributed by atoms with van der Waals surface area (Å²) in [5, 5.41) is 7.44. The molecule has 0 atom stereocenters. The molecule has 0 amide bonds. The van der Waals surface area contributed by atoms with E-state index in [0.717, 1.165) is 5.69 Å². The summed E-state index contributed by atoms with van der Waals surface area (Å²) in [6.45, 7) is 6.65. The molecule has 0 unspecified atom stereocenters. The molecular formula is C22H21N. The first-order chi connectivity index (χ1) is 11.0. The first-order valence-corrected chi connectivity index (χ1v) is 8.10. The predicted molar refractivity (Wildman–Crippen MR) is 102 cm³/mol. The molecule has 0 fully saturated rings. The van der Waals surface area contributed by atoms with Crippen molar-refractivity contribution in [3.63, 3.8) is 0 Å². The molecule has 0 radical (unpaired) electrons. The van der Waals surface area contributed by atoms with Crippen molar-refractivity contribution < 1.29 is 0 Å². The minimum atomic E-state index is 0.0328. The van der Waals surface area contributed by atoms with Crippen LogP contribution in [0.5, 0.6) is 0 Å². The van der Waals surface area contributed by atoms with E-state index in [0.29, 0.717) is 0 Å². The van der Waals surface area contributed by atoms with Crippen LogP contribution < -0.4 is 5.73 Å². The van der Waals surface area contributed by atoms with Crippen molar-refractivity contribution in [3.8, 4) is 0 Å². The van der Waals surface area contributed by atoms with Crippen molar-refractivity contribution in [1.29, 1.82) is 0 Å². The third-order valence-corrected chi connectivity index (χ3v) is 4.74. The van der Waals surface area contributed by atoms with Crippen LogP contribution in [0.4, 0.5) is 5.69 Å². The maximum absolute atomic E-state index is 6.66. The average Bonchev–Trinajstić information content (AvgIpc) is 2.53. The maximum Gasteiger partial charge on any atom is 0.0438 e. The molecule has 0 saturated heterocycles. The fourth-order valence-electron chi connectivity index (χ4n) is 3.59. The van der Waals surface area contributed by atoms with Gasteiger partial charge >= 0.3 is 0 Å². The van der Waals surface area contributed by atoms with Gasteiger partial charge in [-0.05, 0) is 37.9 Å². The Labute approximate surface area is 136 Å². The summed E-state index contributed by atoms with van der Waals surface area (Å²) in [4.78, 5) is 0. The Hall–Kier alpha value is -2.54. The number of fused-ring (bicyclic) bond motifs is 5. The standard InChI is InChI=1S/C22H21N/c1-22(2,3)18-13-12-16-11-10-15-9-8-14-6-4-5-7-17(14)19(15)20(16)21(18)23/h4-13H,23H2,1-3H3. The van der Waals surface area contributed by atoms with Gasteiger partial charge in [-0.15, -0.1) is 0 Å². The highest BCUT2D eigenvalue weighted by molar-refractivity contribution is 6.23. The minimum Gasteiger partial charge on any atom is -0.398 e. The van der Waals surface area contributed by atoms with Crippen molar-refractivity contribution >= 4 is 38.0 Å². The lowest BCUT2D eigenvalue weighted by Gasteiger charge is -2.23. The van der Waals surface area contributed by atoms with E-state index in [9.17, 15) is 0 Å². The van der Waals surface area contributed by atoms with Crippen LogP contribution in [0.15, 0.2) is 60.7 Å². The van der Waals surface area contributed by atoms with E-state index < -0.39 is 0 Å². The Balaban J connectivity index is 2.29. The summed E-state index contributed by atoms with van der Waals surface area (Å²) in [6.07, 6.45) is 0. The van der Waals surface area contributed by atoms with Gasteiger partial charge < -0.3 is 5.73 Å². The monoisotopic (exact) mass is 299 g/mol. The summed E-state index contributed by atoms with van der Waals surface area (Å²) >= 11 is 0. The number of nitrogen functional groups attached to an aromatic ring is 1. The molecule has 0 aliphatic carbocycles. The third kappa shape index (κ3) is 2.08. The van der Waals surface area contributed by atoms with Crippen LogP contribution in [-0.2, 0) is 5.41 Å². The Morgan fingerprint density at radius 2 is 1.22 bits per heavy atom. The van der Waals surface area contributed by atoms with E-state index in [4.69, 9.17) is 5.73 Å². The van der Waals surface area contributed by atoms with Crippen molar-refractivity contribution in [3.05, 3.63) is 66.2 Å². The number of benzene rings is 4. The SMILES string of the molecule is CC(C)(C)c1ccc2ccc3ccc4ccccc4c3c2c1N. The first-order valence-electron chi connectivity index (χ1n) is 8.10. The van der Waals surface area contributed by atoms with Gasteiger partial charge in [0.2, 0.25) is 0 Å².